The van der Waals surface area contributed by atoms with Gasteiger partial charge in [0.15, 0.2) is 0 Å². The standard InChI is InChI=1S/C19H23N9O2S2/c1-4-7-26(10-15-21-22-17(30-15)14-6-5-8-31-14)16(29)11-32-19-24-23-18(27(19)20)28-13(3)9-12(2)25-28/h5-6,8-9H,4,7,10-11,20H2,1-3H3. The number of aryl methyl sites for hydroxylation is 2. The van der Waals surface area contributed by atoms with E-state index in [1.807, 2.05) is 44.4 Å². The van der Waals surface area contributed by atoms with Crippen LogP contribution in [-0.2, 0) is 11.3 Å². The molecule has 0 saturated heterocycles. The van der Waals surface area contributed by atoms with Crippen molar-refractivity contribution in [2.24, 2.45) is 0 Å². The number of amides is 1. The van der Waals surface area contributed by atoms with Crippen LogP contribution in [-0.4, -0.2) is 58.0 Å². The molecule has 32 heavy (non-hydrogen) atoms. The van der Waals surface area contributed by atoms with Crippen LogP contribution in [0.15, 0.2) is 33.2 Å². The summed E-state index contributed by atoms with van der Waals surface area (Å²) in [6.45, 7) is 6.63. The zero-order chi connectivity index (χ0) is 22.7. The molecule has 4 aromatic heterocycles. The molecule has 0 atom stereocenters. The Morgan fingerprint density at radius 2 is 2.12 bits per heavy atom. The molecule has 0 bridgehead atoms. The fourth-order valence-electron chi connectivity index (χ4n) is 3.10. The van der Waals surface area contributed by atoms with Crippen LogP contribution in [0.2, 0.25) is 0 Å². The monoisotopic (exact) mass is 473 g/mol. The number of aromatic nitrogens is 7. The highest BCUT2D eigenvalue weighted by molar-refractivity contribution is 7.99. The number of thioether (sulfide) groups is 1. The molecule has 0 aliphatic heterocycles. The maximum Gasteiger partial charge on any atom is 0.271 e. The summed E-state index contributed by atoms with van der Waals surface area (Å²) in [5.74, 6) is 7.48. The molecular formula is C19H23N9O2S2. The summed E-state index contributed by atoms with van der Waals surface area (Å²) < 4.78 is 8.70. The number of hydrogen-bond donors (Lipinski definition) is 1. The fourth-order valence-corrected chi connectivity index (χ4v) is 4.50. The summed E-state index contributed by atoms with van der Waals surface area (Å²) in [4.78, 5) is 15.5. The number of hydrogen-bond acceptors (Lipinski definition) is 10. The molecule has 0 aliphatic rings. The average Bonchev–Trinajstić information content (AvgIpc) is 3.54. The molecule has 4 aromatic rings. The van der Waals surface area contributed by atoms with Gasteiger partial charge in [-0.05, 0) is 37.8 Å². The van der Waals surface area contributed by atoms with Crippen LogP contribution in [0.3, 0.4) is 0 Å². The third-order valence-electron chi connectivity index (χ3n) is 4.54. The minimum absolute atomic E-state index is 0.0802. The van der Waals surface area contributed by atoms with Crippen molar-refractivity contribution >= 4 is 29.0 Å². The third kappa shape index (κ3) is 4.67. The van der Waals surface area contributed by atoms with Crippen molar-refractivity contribution in [3.8, 4) is 16.7 Å². The van der Waals surface area contributed by atoms with Crippen molar-refractivity contribution < 1.29 is 9.21 Å². The summed E-state index contributed by atoms with van der Waals surface area (Å²) in [7, 11) is 0. The van der Waals surface area contributed by atoms with E-state index in [4.69, 9.17) is 10.3 Å². The topological polar surface area (TPSA) is 134 Å². The highest BCUT2D eigenvalue weighted by Crippen LogP contribution is 2.24. The number of carbonyl (C=O) groups excluding carboxylic acids is 1. The maximum absolute atomic E-state index is 12.9. The predicted molar refractivity (Wildman–Crippen MR) is 121 cm³/mol. The van der Waals surface area contributed by atoms with Gasteiger partial charge in [0.1, 0.15) is 0 Å². The summed E-state index contributed by atoms with van der Waals surface area (Å²) in [6.07, 6.45) is 0.803. The first kappa shape index (κ1) is 22.0. The van der Waals surface area contributed by atoms with Gasteiger partial charge in [0, 0.05) is 12.2 Å². The number of rotatable bonds is 9. The number of nitrogen functional groups attached to an aromatic ring is 1. The Bertz CT molecular complexity index is 1200. The highest BCUT2D eigenvalue weighted by Gasteiger charge is 2.20. The molecule has 1 amide bonds. The quantitative estimate of drug-likeness (QED) is 0.287. The minimum Gasteiger partial charge on any atom is -0.418 e. The van der Waals surface area contributed by atoms with Crippen LogP contribution in [0.25, 0.3) is 16.7 Å². The van der Waals surface area contributed by atoms with Gasteiger partial charge < -0.3 is 15.2 Å². The van der Waals surface area contributed by atoms with Crippen molar-refractivity contribution in [1.29, 1.82) is 0 Å². The molecule has 0 unspecified atom stereocenters. The van der Waals surface area contributed by atoms with Gasteiger partial charge in [-0.2, -0.15) is 5.10 Å². The zero-order valence-corrected chi connectivity index (χ0v) is 19.6. The predicted octanol–water partition coefficient (Wildman–Crippen LogP) is 2.44. The first-order valence-electron chi connectivity index (χ1n) is 9.97. The van der Waals surface area contributed by atoms with Gasteiger partial charge >= 0.3 is 0 Å². The van der Waals surface area contributed by atoms with Crippen LogP contribution in [0.5, 0.6) is 0 Å². The Balaban J connectivity index is 1.41. The molecule has 0 radical (unpaired) electrons. The van der Waals surface area contributed by atoms with Gasteiger partial charge in [-0.1, -0.05) is 24.8 Å². The Kier molecular flexibility index (Phi) is 6.55. The minimum atomic E-state index is -0.0802. The first-order valence-corrected chi connectivity index (χ1v) is 11.8. The second-order valence-corrected chi connectivity index (χ2v) is 8.96. The van der Waals surface area contributed by atoms with E-state index in [1.54, 1.807) is 9.58 Å². The summed E-state index contributed by atoms with van der Waals surface area (Å²) >= 11 is 2.74. The second kappa shape index (κ2) is 9.53. The highest BCUT2D eigenvalue weighted by atomic mass is 32.2. The van der Waals surface area contributed by atoms with Crippen molar-refractivity contribution in [2.75, 3.05) is 18.1 Å². The molecule has 0 fully saturated rings. The van der Waals surface area contributed by atoms with Crippen LogP contribution in [0, 0.1) is 13.8 Å². The normalized spacial score (nSPS) is 11.2. The Hall–Kier alpha value is -3.19. The van der Waals surface area contributed by atoms with Crippen molar-refractivity contribution in [3.05, 3.63) is 40.9 Å². The molecule has 0 spiro atoms. The summed E-state index contributed by atoms with van der Waals surface area (Å²) in [6, 6.07) is 5.76. The van der Waals surface area contributed by atoms with Gasteiger partial charge in [0.05, 0.1) is 22.9 Å². The summed E-state index contributed by atoms with van der Waals surface area (Å²) in [5.41, 5.74) is 1.75. The maximum atomic E-state index is 12.9. The van der Waals surface area contributed by atoms with E-state index >= 15 is 0 Å². The smallest absolute Gasteiger partial charge is 0.271 e. The SMILES string of the molecule is CCCN(Cc1nnc(-c2cccs2)o1)C(=O)CSc1nnc(-n2nc(C)cc2C)n1N. The molecule has 168 valence electrons. The van der Waals surface area contributed by atoms with E-state index in [1.165, 1.54) is 27.8 Å². The first-order chi connectivity index (χ1) is 15.5. The number of nitrogens with zero attached hydrogens (tertiary/aromatic N) is 8. The molecule has 0 aromatic carbocycles. The Morgan fingerprint density at radius 1 is 1.28 bits per heavy atom. The van der Waals surface area contributed by atoms with Gasteiger partial charge in [-0.25, -0.2) is 9.36 Å². The molecule has 11 nitrogen and oxygen atoms in total. The van der Waals surface area contributed by atoms with E-state index in [0.29, 0.717) is 29.4 Å². The largest absolute Gasteiger partial charge is 0.418 e. The number of nitrogens with two attached hydrogens (primary N) is 1. The Morgan fingerprint density at radius 3 is 2.81 bits per heavy atom. The fraction of sp³-hybridized carbons (Fsp3) is 0.368. The van der Waals surface area contributed by atoms with Crippen molar-refractivity contribution in [3.63, 3.8) is 0 Å². The van der Waals surface area contributed by atoms with Crippen LogP contribution in [0.4, 0.5) is 0 Å². The van der Waals surface area contributed by atoms with E-state index in [9.17, 15) is 4.79 Å². The molecule has 13 heteroatoms. The van der Waals surface area contributed by atoms with Crippen molar-refractivity contribution in [1.82, 2.24) is 39.8 Å². The van der Waals surface area contributed by atoms with E-state index in [-0.39, 0.29) is 18.2 Å². The van der Waals surface area contributed by atoms with Gasteiger partial charge in [0.2, 0.25) is 17.0 Å². The van der Waals surface area contributed by atoms with Crippen LogP contribution >= 0.6 is 23.1 Å². The van der Waals surface area contributed by atoms with Crippen LogP contribution in [0.1, 0.15) is 30.6 Å². The molecular weight excluding hydrogens is 450 g/mol. The van der Waals surface area contributed by atoms with Gasteiger partial charge in [-0.15, -0.1) is 31.7 Å². The molecule has 4 heterocycles. The third-order valence-corrected chi connectivity index (χ3v) is 6.33. The number of thiophene rings is 1. The van der Waals surface area contributed by atoms with E-state index < -0.39 is 0 Å². The van der Waals surface area contributed by atoms with E-state index in [0.717, 1.165) is 22.7 Å². The lowest BCUT2D eigenvalue weighted by atomic mass is 10.4. The number of carbonyl (C=O) groups is 1. The second-order valence-electron chi connectivity index (χ2n) is 7.07. The van der Waals surface area contributed by atoms with Gasteiger partial charge in [-0.3, -0.25) is 4.79 Å². The van der Waals surface area contributed by atoms with Crippen LogP contribution < -0.4 is 5.84 Å². The Labute approximate surface area is 192 Å². The molecule has 0 saturated carbocycles. The summed E-state index contributed by atoms with van der Waals surface area (Å²) in [5, 5.41) is 23.2. The van der Waals surface area contributed by atoms with E-state index in [2.05, 4.69) is 25.5 Å². The van der Waals surface area contributed by atoms with Gasteiger partial charge in [0.25, 0.3) is 11.8 Å². The lowest BCUT2D eigenvalue weighted by Gasteiger charge is -2.19. The molecule has 4 rings (SSSR count). The zero-order valence-electron chi connectivity index (χ0n) is 17.9. The lowest BCUT2D eigenvalue weighted by Crippen LogP contribution is -2.33. The lowest BCUT2D eigenvalue weighted by molar-refractivity contribution is -0.129. The average molecular weight is 474 g/mol. The molecule has 0 aliphatic carbocycles. The molecule has 2 N–H and O–H groups in total. The van der Waals surface area contributed by atoms with Crippen molar-refractivity contribution in [2.45, 2.75) is 38.9 Å².